The molecule has 9 heteroatoms. The molecule has 0 aromatic heterocycles. The Labute approximate surface area is 164 Å². The Balaban J connectivity index is 1.90. The highest BCUT2D eigenvalue weighted by atomic mass is 19.3. The number of likely N-dealkylation sites (tertiary alicyclic amines) is 1. The van der Waals surface area contributed by atoms with Gasteiger partial charge in [0.1, 0.15) is 5.75 Å². The van der Waals surface area contributed by atoms with Gasteiger partial charge in [0.15, 0.2) is 5.96 Å². The number of aliphatic imine (C=N–C) groups is 1. The summed E-state index contributed by atoms with van der Waals surface area (Å²) >= 11 is 0. The average Bonchev–Trinajstić information content (AvgIpc) is 2.67. The van der Waals surface area contributed by atoms with Crippen LogP contribution in [-0.4, -0.2) is 55.8 Å². The Morgan fingerprint density at radius 1 is 1.32 bits per heavy atom. The van der Waals surface area contributed by atoms with Gasteiger partial charge in [0.25, 0.3) is 0 Å². The van der Waals surface area contributed by atoms with Crippen molar-refractivity contribution in [3.8, 4) is 5.75 Å². The van der Waals surface area contributed by atoms with Crippen LogP contribution in [0.5, 0.6) is 5.75 Å². The average molecular weight is 398 g/mol. The van der Waals surface area contributed by atoms with Crippen LogP contribution in [0.4, 0.5) is 13.6 Å². The fourth-order valence-corrected chi connectivity index (χ4v) is 2.92. The van der Waals surface area contributed by atoms with Gasteiger partial charge in [0.05, 0.1) is 13.2 Å². The van der Waals surface area contributed by atoms with Gasteiger partial charge in [-0.15, -0.1) is 0 Å². The van der Waals surface area contributed by atoms with E-state index in [0.717, 1.165) is 18.4 Å². The molecule has 1 aliphatic heterocycles. The monoisotopic (exact) mass is 398 g/mol. The van der Waals surface area contributed by atoms with Gasteiger partial charge in [-0.1, -0.05) is 12.1 Å². The highest BCUT2D eigenvalue weighted by Crippen LogP contribution is 2.16. The number of piperidine rings is 1. The summed E-state index contributed by atoms with van der Waals surface area (Å²) in [5.41, 5.74) is 0.771. The molecule has 1 aromatic rings. The second-order valence-corrected chi connectivity index (χ2v) is 6.33. The first-order valence-electron chi connectivity index (χ1n) is 9.52. The Morgan fingerprint density at radius 3 is 2.71 bits per heavy atom. The molecule has 1 aliphatic rings. The summed E-state index contributed by atoms with van der Waals surface area (Å²) in [5, 5.41) is 6.56. The molecule has 1 aromatic carbocycles. The highest BCUT2D eigenvalue weighted by Gasteiger charge is 2.24. The van der Waals surface area contributed by atoms with E-state index >= 15 is 0 Å². The van der Waals surface area contributed by atoms with Gasteiger partial charge < -0.3 is 25.0 Å². The molecule has 2 N–H and O–H groups in total. The number of rotatable bonds is 7. The van der Waals surface area contributed by atoms with Crippen LogP contribution < -0.4 is 15.4 Å². The number of carbonyl (C=O) groups excluding carboxylic acids is 1. The number of benzene rings is 1. The van der Waals surface area contributed by atoms with Gasteiger partial charge in [-0.05, 0) is 44.4 Å². The standard InChI is InChI=1S/C19H28F2N4O3/c1-3-22-18(23-13-14-6-5-7-16(12-14)28-17(20)21)24-15-8-10-25(11-9-15)19(26)27-4-2/h5-7,12,15,17H,3-4,8-11,13H2,1-2H3,(H2,22,23,24). The van der Waals surface area contributed by atoms with E-state index in [2.05, 4.69) is 20.4 Å². The van der Waals surface area contributed by atoms with E-state index < -0.39 is 6.61 Å². The van der Waals surface area contributed by atoms with E-state index in [0.29, 0.717) is 38.7 Å². The van der Waals surface area contributed by atoms with Crippen molar-refractivity contribution in [2.75, 3.05) is 26.2 Å². The summed E-state index contributed by atoms with van der Waals surface area (Å²) in [6.45, 7) is 3.57. The van der Waals surface area contributed by atoms with E-state index in [-0.39, 0.29) is 17.9 Å². The lowest BCUT2D eigenvalue weighted by Gasteiger charge is -2.32. The molecular weight excluding hydrogens is 370 g/mol. The van der Waals surface area contributed by atoms with Gasteiger partial charge >= 0.3 is 12.7 Å². The van der Waals surface area contributed by atoms with Crippen LogP contribution in [0.1, 0.15) is 32.3 Å². The van der Waals surface area contributed by atoms with Crippen molar-refractivity contribution < 1.29 is 23.0 Å². The molecule has 1 saturated heterocycles. The van der Waals surface area contributed by atoms with Gasteiger partial charge in [0.2, 0.25) is 0 Å². The van der Waals surface area contributed by atoms with Crippen molar-refractivity contribution >= 4 is 12.1 Å². The summed E-state index contributed by atoms with van der Waals surface area (Å²) < 4.78 is 34.1. The Hall–Kier alpha value is -2.58. The number of hydrogen-bond donors (Lipinski definition) is 2. The summed E-state index contributed by atoms with van der Waals surface area (Å²) in [6.07, 6.45) is 1.31. The van der Waals surface area contributed by atoms with Crippen molar-refractivity contribution in [3.05, 3.63) is 29.8 Å². The topological polar surface area (TPSA) is 75.2 Å². The molecule has 7 nitrogen and oxygen atoms in total. The number of nitrogens with zero attached hydrogens (tertiary/aromatic N) is 2. The molecule has 1 fully saturated rings. The fraction of sp³-hybridized carbons (Fsp3) is 0.579. The third-order valence-corrected chi connectivity index (χ3v) is 4.25. The van der Waals surface area contributed by atoms with E-state index in [9.17, 15) is 13.6 Å². The summed E-state index contributed by atoms with van der Waals surface area (Å²) in [7, 11) is 0. The highest BCUT2D eigenvalue weighted by molar-refractivity contribution is 5.80. The largest absolute Gasteiger partial charge is 0.450 e. The molecule has 0 saturated carbocycles. The van der Waals surface area contributed by atoms with Crippen LogP contribution in [0.15, 0.2) is 29.3 Å². The zero-order chi connectivity index (χ0) is 20.4. The molecule has 1 heterocycles. The van der Waals surface area contributed by atoms with Crippen molar-refractivity contribution in [2.45, 2.75) is 45.9 Å². The molecule has 156 valence electrons. The molecule has 2 rings (SSSR count). The maximum atomic E-state index is 12.3. The molecule has 0 aliphatic carbocycles. The minimum absolute atomic E-state index is 0.118. The zero-order valence-corrected chi connectivity index (χ0v) is 16.3. The number of alkyl halides is 2. The minimum atomic E-state index is -2.85. The molecule has 0 radical (unpaired) electrons. The maximum absolute atomic E-state index is 12.3. The van der Waals surface area contributed by atoms with Gasteiger partial charge in [-0.25, -0.2) is 9.79 Å². The van der Waals surface area contributed by atoms with E-state index in [1.54, 1.807) is 24.0 Å². The van der Waals surface area contributed by atoms with Gasteiger partial charge in [-0.2, -0.15) is 8.78 Å². The SMILES string of the molecule is CCNC(=NCc1cccc(OC(F)F)c1)NC1CCN(C(=O)OCC)CC1. The minimum Gasteiger partial charge on any atom is -0.450 e. The lowest BCUT2D eigenvalue weighted by Crippen LogP contribution is -2.49. The second-order valence-electron chi connectivity index (χ2n) is 6.33. The molecule has 28 heavy (non-hydrogen) atoms. The first kappa shape index (κ1) is 21.7. The van der Waals surface area contributed by atoms with Gasteiger partial charge in [-0.3, -0.25) is 0 Å². The predicted molar refractivity (Wildman–Crippen MR) is 103 cm³/mol. The quantitative estimate of drug-likeness (QED) is 0.546. The van der Waals surface area contributed by atoms with Crippen LogP contribution in [0.2, 0.25) is 0 Å². The number of halogens is 2. The number of amides is 1. The fourth-order valence-electron chi connectivity index (χ4n) is 2.92. The van der Waals surface area contributed by atoms with Crippen molar-refractivity contribution in [1.29, 1.82) is 0 Å². The summed E-state index contributed by atoms with van der Waals surface area (Å²) in [5.74, 6) is 0.768. The van der Waals surface area contributed by atoms with Crippen molar-refractivity contribution in [3.63, 3.8) is 0 Å². The summed E-state index contributed by atoms with van der Waals surface area (Å²) in [6, 6.07) is 6.70. The third kappa shape index (κ3) is 7.21. The maximum Gasteiger partial charge on any atom is 0.409 e. The van der Waals surface area contributed by atoms with Crippen LogP contribution in [-0.2, 0) is 11.3 Å². The number of guanidine groups is 1. The van der Waals surface area contributed by atoms with Crippen LogP contribution in [0.3, 0.4) is 0 Å². The Kier molecular flexibility index (Phi) is 8.77. The number of ether oxygens (including phenoxy) is 2. The molecule has 0 atom stereocenters. The molecule has 0 unspecified atom stereocenters. The molecule has 0 bridgehead atoms. The lowest BCUT2D eigenvalue weighted by atomic mass is 10.1. The first-order chi connectivity index (χ1) is 13.5. The van der Waals surface area contributed by atoms with E-state index in [1.807, 2.05) is 13.0 Å². The smallest absolute Gasteiger partial charge is 0.409 e. The van der Waals surface area contributed by atoms with E-state index in [4.69, 9.17) is 4.74 Å². The Bertz CT molecular complexity index is 650. The summed E-state index contributed by atoms with van der Waals surface area (Å²) in [4.78, 5) is 18.0. The molecule has 1 amide bonds. The lowest BCUT2D eigenvalue weighted by molar-refractivity contribution is -0.0498. The number of carbonyl (C=O) groups is 1. The van der Waals surface area contributed by atoms with Gasteiger partial charge in [0, 0.05) is 25.7 Å². The second kappa shape index (κ2) is 11.3. The number of hydrogen-bond acceptors (Lipinski definition) is 4. The Morgan fingerprint density at radius 2 is 2.07 bits per heavy atom. The van der Waals surface area contributed by atoms with Crippen molar-refractivity contribution in [2.24, 2.45) is 4.99 Å². The number of nitrogens with one attached hydrogen (secondary N) is 2. The normalized spacial score (nSPS) is 15.5. The van der Waals surface area contributed by atoms with Crippen LogP contribution in [0, 0.1) is 0 Å². The molecule has 0 spiro atoms. The first-order valence-corrected chi connectivity index (χ1v) is 9.52. The van der Waals surface area contributed by atoms with Crippen molar-refractivity contribution in [1.82, 2.24) is 15.5 Å². The zero-order valence-electron chi connectivity index (χ0n) is 16.3. The molecular formula is C19H28F2N4O3. The predicted octanol–water partition coefficient (Wildman–Crippen LogP) is 2.96. The van der Waals surface area contributed by atoms with Crippen LogP contribution in [0.25, 0.3) is 0 Å². The van der Waals surface area contributed by atoms with Crippen LogP contribution >= 0.6 is 0 Å². The van der Waals surface area contributed by atoms with E-state index in [1.165, 1.54) is 6.07 Å². The third-order valence-electron chi connectivity index (χ3n) is 4.25.